The molecule has 3 aromatic carbocycles. The Balaban J connectivity index is 1.83. The van der Waals surface area contributed by atoms with Crippen LogP contribution in [0, 0.1) is 17.5 Å². The molecule has 9 heteroatoms. The average molecular weight is 434 g/mol. The van der Waals surface area contributed by atoms with Gasteiger partial charge in [-0.25, -0.2) is 21.6 Å². The van der Waals surface area contributed by atoms with Gasteiger partial charge in [-0.1, -0.05) is 18.2 Å². The topological polar surface area (TPSA) is 66.5 Å². The number of carbonyl (C=O) groups excluding carboxylic acids is 1. The third-order valence-corrected chi connectivity index (χ3v) is 6.24. The van der Waals surface area contributed by atoms with Crippen molar-refractivity contribution in [2.45, 2.75) is 11.8 Å². The van der Waals surface area contributed by atoms with Gasteiger partial charge < -0.3 is 5.32 Å². The SMILES string of the molecule is CCN(c1ccccc1)S(=O)(=O)c1ccc(C(=O)Nc2ccc(F)c(F)c2F)cc1. The summed E-state index contributed by atoms with van der Waals surface area (Å²) in [6.07, 6.45) is 0. The highest BCUT2D eigenvalue weighted by Crippen LogP contribution is 2.24. The highest BCUT2D eigenvalue weighted by atomic mass is 32.2. The van der Waals surface area contributed by atoms with E-state index in [1.807, 2.05) is 0 Å². The Labute approximate surface area is 171 Å². The molecule has 5 nitrogen and oxygen atoms in total. The summed E-state index contributed by atoms with van der Waals surface area (Å²) in [6, 6.07) is 15.1. The number of carbonyl (C=O) groups is 1. The molecule has 3 rings (SSSR count). The smallest absolute Gasteiger partial charge is 0.264 e. The fraction of sp³-hybridized carbons (Fsp3) is 0.0952. The van der Waals surface area contributed by atoms with Crippen molar-refractivity contribution in [2.75, 3.05) is 16.2 Å². The van der Waals surface area contributed by atoms with E-state index in [0.29, 0.717) is 11.8 Å². The lowest BCUT2D eigenvalue weighted by Gasteiger charge is -2.23. The fourth-order valence-corrected chi connectivity index (χ4v) is 4.28. The van der Waals surface area contributed by atoms with E-state index in [2.05, 4.69) is 5.32 Å². The molecule has 0 aromatic heterocycles. The minimum Gasteiger partial charge on any atom is -0.319 e. The van der Waals surface area contributed by atoms with E-state index >= 15 is 0 Å². The molecule has 0 radical (unpaired) electrons. The van der Waals surface area contributed by atoms with E-state index in [1.54, 1.807) is 37.3 Å². The highest BCUT2D eigenvalue weighted by Gasteiger charge is 2.24. The number of sulfonamides is 1. The molecule has 0 saturated heterocycles. The molecule has 0 aliphatic rings. The minimum atomic E-state index is -3.87. The van der Waals surface area contributed by atoms with Crippen LogP contribution in [0.5, 0.6) is 0 Å². The number of anilines is 2. The summed E-state index contributed by atoms with van der Waals surface area (Å²) < 4.78 is 67.2. The Morgan fingerprint density at radius 3 is 2.13 bits per heavy atom. The number of nitrogens with one attached hydrogen (secondary N) is 1. The summed E-state index contributed by atoms with van der Waals surface area (Å²) in [5, 5.41) is 2.13. The van der Waals surface area contributed by atoms with Gasteiger partial charge in [-0.2, -0.15) is 0 Å². The maximum absolute atomic E-state index is 13.7. The molecular weight excluding hydrogens is 417 g/mol. The van der Waals surface area contributed by atoms with Gasteiger partial charge in [0.15, 0.2) is 17.5 Å². The molecule has 0 atom stereocenters. The lowest BCUT2D eigenvalue weighted by atomic mass is 10.2. The van der Waals surface area contributed by atoms with Crippen molar-refractivity contribution in [3.05, 3.63) is 89.7 Å². The van der Waals surface area contributed by atoms with Gasteiger partial charge in [0.2, 0.25) is 0 Å². The second-order valence-corrected chi connectivity index (χ2v) is 8.07. The van der Waals surface area contributed by atoms with Crippen LogP contribution in [0.2, 0.25) is 0 Å². The van der Waals surface area contributed by atoms with E-state index in [-0.39, 0.29) is 17.0 Å². The number of hydrogen-bond acceptors (Lipinski definition) is 3. The number of rotatable bonds is 6. The monoisotopic (exact) mass is 434 g/mol. The molecule has 3 aromatic rings. The first kappa shape index (κ1) is 21.4. The van der Waals surface area contributed by atoms with Crippen molar-refractivity contribution in [3.63, 3.8) is 0 Å². The van der Waals surface area contributed by atoms with Gasteiger partial charge in [-0.3, -0.25) is 9.10 Å². The number of nitrogens with zero attached hydrogens (tertiary/aromatic N) is 1. The van der Waals surface area contributed by atoms with Crippen LogP contribution in [0.4, 0.5) is 24.5 Å². The third-order valence-electron chi connectivity index (χ3n) is 4.32. The maximum Gasteiger partial charge on any atom is 0.264 e. The first-order valence-corrected chi connectivity index (χ1v) is 10.3. The standard InChI is InChI=1S/C21H17F3N2O3S/c1-2-26(15-6-4-3-5-7-15)30(28,29)16-10-8-14(9-11-16)21(27)25-18-13-12-17(22)19(23)20(18)24/h3-13H,2H2,1H3,(H,25,27). The van der Waals surface area contributed by atoms with Crippen LogP contribution in [0.15, 0.2) is 71.6 Å². The summed E-state index contributed by atoms with van der Waals surface area (Å²) in [5.74, 6) is -5.41. The van der Waals surface area contributed by atoms with E-state index in [4.69, 9.17) is 0 Å². The molecule has 156 valence electrons. The normalized spacial score (nSPS) is 11.2. The molecule has 0 unspecified atom stereocenters. The molecule has 0 fully saturated rings. The molecule has 30 heavy (non-hydrogen) atoms. The highest BCUT2D eigenvalue weighted by molar-refractivity contribution is 7.92. The van der Waals surface area contributed by atoms with Crippen LogP contribution in [0.25, 0.3) is 0 Å². The van der Waals surface area contributed by atoms with Crippen LogP contribution < -0.4 is 9.62 Å². The number of halogens is 3. The first-order chi connectivity index (χ1) is 14.3. The quantitative estimate of drug-likeness (QED) is 0.578. The van der Waals surface area contributed by atoms with Gasteiger partial charge in [0.1, 0.15) is 0 Å². The molecule has 0 aliphatic carbocycles. The molecular formula is C21H17F3N2O3S. The number of hydrogen-bond donors (Lipinski definition) is 1. The van der Waals surface area contributed by atoms with Crippen LogP contribution in [0.1, 0.15) is 17.3 Å². The molecule has 1 amide bonds. The number of benzene rings is 3. The molecule has 0 aliphatic heterocycles. The lowest BCUT2D eigenvalue weighted by molar-refractivity contribution is 0.102. The molecule has 0 saturated carbocycles. The first-order valence-electron chi connectivity index (χ1n) is 8.88. The van der Waals surface area contributed by atoms with Crippen molar-refractivity contribution < 1.29 is 26.4 Å². The third kappa shape index (κ3) is 4.16. The van der Waals surface area contributed by atoms with Crippen LogP contribution in [-0.4, -0.2) is 20.9 Å². The molecule has 0 spiro atoms. The zero-order valence-corrected chi connectivity index (χ0v) is 16.6. The summed E-state index contributed by atoms with van der Waals surface area (Å²) in [7, 11) is -3.87. The van der Waals surface area contributed by atoms with E-state index < -0.39 is 39.1 Å². The van der Waals surface area contributed by atoms with Gasteiger partial charge in [-0.15, -0.1) is 0 Å². The van der Waals surface area contributed by atoms with Crippen molar-refractivity contribution in [1.29, 1.82) is 0 Å². The molecule has 0 heterocycles. The van der Waals surface area contributed by atoms with Crippen molar-refractivity contribution >= 4 is 27.3 Å². The van der Waals surface area contributed by atoms with Crippen LogP contribution >= 0.6 is 0 Å². The largest absolute Gasteiger partial charge is 0.319 e. The Kier molecular flexibility index (Phi) is 6.12. The van der Waals surface area contributed by atoms with E-state index in [1.165, 1.54) is 28.6 Å². The van der Waals surface area contributed by atoms with Crippen molar-refractivity contribution in [3.8, 4) is 0 Å². The summed E-state index contributed by atoms with van der Waals surface area (Å²) >= 11 is 0. The fourth-order valence-electron chi connectivity index (χ4n) is 2.81. The predicted octanol–water partition coefficient (Wildman–Crippen LogP) is 4.57. The van der Waals surface area contributed by atoms with Gasteiger partial charge in [0, 0.05) is 12.1 Å². The Bertz CT molecular complexity index is 1170. The zero-order chi connectivity index (χ0) is 21.9. The van der Waals surface area contributed by atoms with Crippen LogP contribution in [0.3, 0.4) is 0 Å². The Hall–Kier alpha value is -3.33. The van der Waals surface area contributed by atoms with Gasteiger partial charge >= 0.3 is 0 Å². The number of para-hydroxylation sites is 1. The van der Waals surface area contributed by atoms with E-state index in [9.17, 15) is 26.4 Å². The summed E-state index contributed by atoms with van der Waals surface area (Å²) in [4.78, 5) is 12.2. The molecule has 1 N–H and O–H groups in total. The predicted molar refractivity (Wildman–Crippen MR) is 107 cm³/mol. The Morgan fingerprint density at radius 2 is 1.53 bits per heavy atom. The summed E-state index contributed by atoms with van der Waals surface area (Å²) in [5.41, 5.74) is -0.0201. The van der Waals surface area contributed by atoms with E-state index in [0.717, 1.165) is 6.07 Å². The number of amides is 1. The maximum atomic E-state index is 13.7. The second-order valence-electron chi connectivity index (χ2n) is 6.21. The second kappa shape index (κ2) is 8.58. The minimum absolute atomic E-state index is 0.0147. The van der Waals surface area contributed by atoms with Crippen molar-refractivity contribution in [2.24, 2.45) is 0 Å². The van der Waals surface area contributed by atoms with Crippen molar-refractivity contribution in [1.82, 2.24) is 0 Å². The molecule has 0 bridgehead atoms. The Morgan fingerprint density at radius 1 is 0.900 bits per heavy atom. The zero-order valence-electron chi connectivity index (χ0n) is 15.8. The van der Waals surface area contributed by atoms with Gasteiger partial charge in [0.05, 0.1) is 16.3 Å². The lowest BCUT2D eigenvalue weighted by Crippen LogP contribution is -2.30. The van der Waals surface area contributed by atoms with Gasteiger partial charge in [-0.05, 0) is 55.5 Å². The van der Waals surface area contributed by atoms with Gasteiger partial charge in [0.25, 0.3) is 15.9 Å². The van der Waals surface area contributed by atoms with Crippen LogP contribution in [-0.2, 0) is 10.0 Å². The average Bonchev–Trinajstić information content (AvgIpc) is 2.75. The summed E-state index contributed by atoms with van der Waals surface area (Å²) in [6.45, 7) is 1.90.